The van der Waals surface area contributed by atoms with Crippen molar-refractivity contribution in [2.45, 2.75) is 232 Å². The minimum absolute atomic E-state index is 0. The third-order valence-corrected chi connectivity index (χ3v) is 8.81. The van der Waals surface area contributed by atoms with Crippen LogP contribution in [0.15, 0.2) is 0 Å². The molecule has 0 saturated carbocycles. The second-order valence-corrected chi connectivity index (χ2v) is 14.2. The van der Waals surface area contributed by atoms with Gasteiger partial charge in [0.05, 0.1) is 26.4 Å². The van der Waals surface area contributed by atoms with Crippen molar-refractivity contribution in [3.63, 3.8) is 0 Å². The molecule has 0 radical (unpaired) electrons. The molecular weight excluding hydrogens is 730 g/mol. The van der Waals surface area contributed by atoms with Gasteiger partial charge in [-0.3, -0.25) is 0 Å². The van der Waals surface area contributed by atoms with Gasteiger partial charge in [0.15, 0.2) is 0 Å². The molecule has 0 aliphatic carbocycles. The van der Waals surface area contributed by atoms with Crippen molar-refractivity contribution in [1.29, 1.82) is 0 Å². The molecule has 0 rings (SSSR count). The van der Waals surface area contributed by atoms with E-state index in [1.54, 1.807) is 0 Å². The molecule has 11 heteroatoms. The van der Waals surface area contributed by atoms with E-state index in [4.69, 9.17) is 30.6 Å². The minimum Gasteiger partial charge on any atom is -0.550 e. The van der Waals surface area contributed by atoms with E-state index in [-0.39, 0.29) is 58.7 Å². The van der Waals surface area contributed by atoms with Gasteiger partial charge in [0, 0.05) is 11.9 Å². The number of hydrogen-bond donors (Lipinski definition) is 6. The molecule has 0 aliphatic rings. The smallest absolute Gasteiger partial charge is 0.550 e. The molecule has 0 aromatic rings. The Bertz CT molecular complexity index is 595. The molecule has 0 fully saturated rings. The summed E-state index contributed by atoms with van der Waals surface area (Å²) < 4.78 is 0. The Kier molecular flexibility index (Phi) is 67.4. The van der Waals surface area contributed by atoms with Crippen LogP contribution in [0.3, 0.4) is 0 Å². The number of carbonyl (C=O) groups is 2. The average Bonchev–Trinajstić information content (AvgIpc) is 3.14. The van der Waals surface area contributed by atoms with Crippen molar-refractivity contribution in [3.05, 3.63) is 0 Å². The summed E-state index contributed by atoms with van der Waals surface area (Å²) in [7, 11) is 0. The number of carboxylic acids is 2. The van der Waals surface area contributed by atoms with E-state index >= 15 is 0 Å². The van der Waals surface area contributed by atoms with E-state index in [0.29, 0.717) is 0 Å². The zero-order valence-electron chi connectivity index (χ0n) is 34.6. The first-order valence-electron chi connectivity index (χ1n) is 21.4. The van der Waals surface area contributed by atoms with Crippen LogP contribution in [0.25, 0.3) is 0 Å². The summed E-state index contributed by atoms with van der Waals surface area (Å²) in [6, 6.07) is 0. The average molecular weight is 817 g/mol. The molecular formula is C42H86O10Zn. The maximum Gasteiger partial charge on any atom is 2.00 e. The predicted molar refractivity (Wildman–Crippen MR) is 209 cm³/mol. The first kappa shape index (κ1) is 61.5. The van der Waals surface area contributed by atoms with Gasteiger partial charge in [0.25, 0.3) is 0 Å². The van der Waals surface area contributed by atoms with Crippen LogP contribution in [-0.4, -0.2) is 81.2 Å². The number of unbranched alkanes of at least 4 members (excludes halogenated alkanes) is 28. The first-order valence-corrected chi connectivity index (χ1v) is 21.4. The van der Waals surface area contributed by atoms with Gasteiger partial charge >= 0.3 is 19.5 Å². The molecule has 0 heterocycles. The molecule has 0 aliphatic heterocycles. The van der Waals surface area contributed by atoms with Crippen molar-refractivity contribution in [1.82, 2.24) is 0 Å². The Labute approximate surface area is 338 Å². The third-order valence-electron chi connectivity index (χ3n) is 8.81. The van der Waals surface area contributed by atoms with Crippen molar-refractivity contribution in [3.8, 4) is 0 Å². The summed E-state index contributed by atoms with van der Waals surface area (Å²) in [6.07, 6.45) is 37.8. The van der Waals surface area contributed by atoms with Gasteiger partial charge in [-0.2, -0.15) is 0 Å². The summed E-state index contributed by atoms with van der Waals surface area (Å²) in [5.41, 5.74) is 0. The fourth-order valence-corrected chi connectivity index (χ4v) is 5.40. The number of carbonyl (C=O) groups excluding carboxylic acids is 2. The van der Waals surface area contributed by atoms with Crippen LogP contribution >= 0.6 is 0 Å². The maximum atomic E-state index is 10.2. The molecule has 0 bridgehead atoms. The van der Waals surface area contributed by atoms with Crippen molar-refractivity contribution >= 4 is 11.9 Å². The largest absolute Gasteiger partial charge is 2.00 e. The van der Waals surface area contributed by atoms with Gasteiger partial charge < -0.3 is 50.4 Å². The van der Waals surface area contributed by atoms with Gasteiger partial charge in [0.2, 0.25) is 0 Å². The van der Waals surface area contributed by atoms with E-state index in [2.05, 4.69) is 13.8 Å². The predicted octanol–water partition coefficient (Wildman–Crippen LogP) is 6.66. The van der Waals surface area contributed by atoms with Gasteiger partial charge in [-0.05, 0) is 25.7 Å². The Morgan fingerprint density at radius 1 is 0.358 bits per heavy atom. The fourth-order valence-electron chi connectivity index (χ4n) is 5.40. The van der Waals surface area contributed by atoms with E-state index in [1.165, 1.54) is 167 Å². The fraction of sp³-hybridized carbons (Fsp3) is 0.952. The Hall–Kier alpha value is -0.677. The SMILES string of the molecule is CCCCCCCCCCCCCCCCCC(=O)[O-].CCCCCCCCCCCCCCCCCC(=O)[O-].OCC(O)CO.OCC(O)CO.[Zn+2]. The van der Waals surface area contributed by atoms with Gasteiger partial charge in [-0.15, -0.1) is 0 Å². The summed E-state index contributed by atoms with van der Waals surface area (Å²) in [4.78, 5) is 20.4. The Balaban J connectivity index is -0.000000218. The number of hydrogen-bond acceptors (Lipinski definition) is 10. The molecule has 6 N–H and O–H groups in total. The van der Waals surface area contributed by atoms with Crippen LogP contribution in [0.2, 0.25) is 0 Å². The van der Waals surface area contributed by atoms with Crippen LogP contribution in [-0.2, 0) is 29.1 Å². The number of aliphatic hydroxyl groups is 6. The summed E-state index contributed by atoms with van der Waals surface area (Å²) in [5.74, 6) is -1.81. The monoisotopic (exact) mass is 815 g/mol. The molecule has 316 valence electrons. The van der Waals surface area contributed by atoms with Crippen molar-refractivity contribution in [2.75, 3.05) is 26.4 Å². The molecule has 0 spiro atoms. The standard InChI is InChI=1S/2C18H36O2.2C3H8O3.Zn/c2*1-2-3-4-5-6-7-8-9-10-11-12-13-14-15-16-17-18(19)20;2*4-1-3(6)2-5;/h2*2-17H2,1H3,(H,19,20);2*3-6H,1-2H2;/q;;;;+2/p-2. The van der Waals surface area contributed by atoms with Crippen molar-refractivity contribution in [2.24, 2.45) is 0 Å². The third kappa shape index (κ3) is 73.1. The first-order chi connectivity index (χ1) is 25.2. The Morgan fingerprint density at radius 3 is 0.623 bits per heavy atom. The van der Waals surface area contributed by atoms with Gasteiger partial charge in [-0.25, -0.2) is 0 Å². The second-order valence-electron chi connectivity index (χ2n) is 14.2. The maximum absolute atomic E-state index is 10.2. The van der Waals surface area contributed by atoms with Crippen LogP contribution in [0.5, 0.6) is 0 Å². The topological polar surface area (TPSA) is 202 Å². The zero-order valence-corrected chi connectivity index (χ0v) is 37.6. The van der Waals surface area contributed by atoms with Gasteiger partial charge in [0.1, 0.15) is 12.2 Å². The van der Waals surface area contributed by atoms with Crippen molar-refractivity contribution < 1.29 is 69.9 Å². The molecule has 0 atom stereocenters. The van der Waals surface area contributed by atoms with E-state index in [9.17, 15) is 19.8 Å². The van der Waals surface area contributed by atoms with Crippen LogP contribution in [0.1, 0.15) is 219 Å². The molecule has 0 aromatic carbocycles. The molecule has 0 unspecified atom stereocenters. The number of carboxylic acid groups (broad SMARTS) is 2. The number of aliphatic hydroxyl groups excluding tert-OH is 6. The molecule has 0 aromatic heterocycles. The minimum atomic E-state index is -0.954. The summed E-state index contributed by atoms with van der Waals surface area (Å²) in [6.45, 7) is 3.08. The quantitative estimate of drug-likeness (QED) is 0.0294. The summed E-state index contributed by atoms with van der Waals surface area (Å²) >= 11 is 0. The molecule has 0 amide bonds. The second kappa shape index (κ2) is 58.0. The summed E-state index contributed by atoms with van der Waals surface area (Å²) in [5, 5.41) is 68.5. The number of aliphatic carboxylic acids is 2. The van der Waals surface area contributed by atoms with Crippen LogP contribution < -0.4 is 10.2 Å². The molecule has 10 nitrogen and oxygen atoms in total. The zero-order chi connectivity index (χ0) is 39.8. The van der Waals surface area contributed by atoms with Gasteiger partial charge in [-0.1, -0.05) is 194 Å². The normalized spacial score (nSPS) is 10.5. The Morgan fingerprint density at radius 2 is 0.509 bits per heavy atom. The van der Waals surface area contributed by atoms with E-state index in [1.807, 2.05) is 0 Å². The molecule has 0 saturated heterocycles. The number of rotatable bonds is 36. The van der Waals surface area contributed by atoms with Crippen LogP contribution in [0.4, 0.5) is 0 Å². The van der Waals surface area contributed by atoms with E-state index < -0.39 is 24.1 Å². The van der Waals surface area contributed by atoms with Crippen LogP contribution in [0, 0.1) is 0 Å². The van der Waals surface area contributed by atoms with E-state index in [0.717, 1.165) is 25.7 Å². The molecule has 53 heavy (non-hydrogen) atoms.